The molecule has 3 rings (SSSR count). The van der Waals surface area contributed by atoms with Gasteiger partial charge in [-0.15, -0.1) is 0 Å². The zero-order chi connectivity index (χ0) is 18.5. The minimum Gasteiger partial charge on any atom is -0.481 e. The van der Waals surface area contributed by atoms with Gasteiger partial charge in [0.1, 0.15) is 0 Å². The predicted molar refractivity (Wildman–Crippen MR) is 103 cm³/mol. The lowest BCUT2D eigenvalue weighted by Crippen LogP contribution is -2.33. The molecule has 5 nitrogen and oxygen atoms in total. The second-order valence-corrected chi connectivity index (χ2v) is 6.86. The van der Waals surface area contributed by atoms with E-state index >= 15 is 0 Å². The smallest absolute Gasteiger partial charge is 0.306 e. The molecule has 0 unspecified atom stereocenters. The lowest BCUT2D eigenvalue weighted by Gasteiger charge is -2.25. The summed E-state index contributed by atoms with van der Waals surface area (Å²) in [5.74, 6) is -0.718. The van der Waals surface area contributed by atoms with Crippen LogP contribution in [-0.4, -0.2) is 62.4 Å². The Hall–Kier alpha value is -0.850. The molecule has 1 aromatic rings. The Kier molecular flexibility index (Phi) is 11.9. The summed E-state index contributed by atoms with van der Waals surface area (Å²) in [5.41, 5.74) is 0. The number of hydrogen-bond acceptors (Lipinski definition) is 4. The zero-order valence-electron chi connectivity index (χ0n) is 14.7. The van der Waals surface area contributed by atoms with E-state index in [4.69, 9.17) is 33.0 Å². The Labute approximate surface area is 160 Å². The fraction of sp³-hybridized carbons (Fsp3) is 0.611. The molecule has 0 spiro atoms. The largest absolute Gasteiger partial charge is 0.481 e. The number of rotatable bonds is 1. The summed E-state index contributed by atoms with van der Waals surface area (Å²) in [6.45, 7) is 5.83. The van der Waals surface area contributed by atoms with Gasteiger partial charge in [0.25, 0.3) is 0 Å². The maximum Gasteiger partial charge on any atom is 0.306 e. The minimum absolute atomic E-state index is 0.0869. The van der Waals surface area contributed by atoms with Crippen molar-refractivity contribution in [3.63, 3.8) is 0 Å². The summed E-state index contributed by atoms with van der Waals surface area (Å²) in [6, 6.07) is 7.19. The first kappa shape index (κ1) is 22.2. The average Bonchev–Trinajstić information content (AvgIpc) is 2.92. The molecule has 142 valence electrons. The van der Waals surface area contributed by atoms with E-state index in [1.165, 1.54) is 6.42 Å². The standard InChI is InChI=1S/C7H13NO2.C6H4Cl2.C5H11NO/c1-8-4-2-6(3-5-8)7(9)10;7-5-3-1-2-4-6(5)8;1-2-6-3-5-7-4-1/h6H,2-5H2,1H3,(H,9,10);1-4H;6H,1-5H2. The molecule has 2 aliphatic heterocycles. The van der Waals surface area contributed by atoms with E-state index in [0.29, 0.717) is 10.0 Å². The molecule has 0 aliphatic carbocycles. The molecule has 1 aromatic carbocycles. The summed E-state index contributed by atoms with van der Waals surface area (Å²) < 4.78 is 5.13. The van der Waals surface area contributed by atoms with Gasteiger partial charge in [-0.1, -0.05) is 35.3 Å². The van der Waals surface area contributed by atoms with E-state index in [2.05, 4.69) is 10.2 Å². The molecule has 2 N–H and O–H groups in total. The van der Waals surface area contributed by atoms with E-state index in [-0.39, 0.29) is 5.92 Å². The van der Waals surface area contributed by atoms with Crippen molar-refractivity contribution in [3.8, 4) is 0 Å². The molecule has 0 atom stereocenters. The molecule has 2 fully saturated rings. The Morgan fingerprint density at radius 1 is 1.16 bits per heavy atom. The van der Waals surface area contributed by atoms with E-state index in [9.17, 15) is 4.79 Å². The van der Waals surface area contributed by atoms with Crippen LogP contribution in [0.3, 0.4) is 0 Å². The van der Waals surface area contributed by atoms with Crippen molar-refractivity contribution in [1.82, 2.24) is 10.2 Å². The molecular weight excluding hydrogens is 363 g/mol. The first-order valence-electron chi connectivity index (χ1n) is 8.60. The molecule has 0 radical (unpaired) electrons. The number of piperidine rings is 1. The van der Waals surface area contributed by atoms with Gasteiger partial charge in [0, 0.05) is 13.2 Å². The molecule has 25 heavy (non-hydrogen) atoms. The van der Waals surface area contributed by atoms with Crippen molar-refractivity contribution in [1.29, 1.82) is 0 Å². The van der Waals surface area contributed by atoms with Crippen LogP contribution in [0.1, 0.15) is 19.3 Å². The number of nitrogens with zero attached hydrogens (tertiary/aromatic N) is 1. The van der Waals surface area contributed by atoms with E-state index in [0.717, 1.165) is 52.2 Å². The lowest BCUT2D eigenvalue weighted by atomic mass is 9.98. The van der Waals surface area contributed by atoms with Crippen LogP contribution in [0.5, 0.6) is 0 Å². The Balaban J connectivity index is 0.000000191. The lowest BCUT2D eigenvalue weighted by molar-refractivity contribution is -0.143. The third-order valence-electron chi connectivity index (χ3n) is 3.96. The summed E-state index contributed by atoms with van der Waals surface area (Å²) in [6.07, 6.45) is 2.79. The molecule has 0 amide bonds. The van der Waals surface area contributed by atoms with Crippen LogP contribution < -0.4 is 5.32 Å². The van der Waals surface area contributed by atoms with Crippen LogP contribution in [0.4, 0.5) is 0 Å². The Morgan fingerprint density at radius 2 is 1.76 bits per heavy atom. The van der Waals surface area contributed by atoms with Gasteiger partial charge < -0.3 is 20.1 Å². The highest BCUT2D eigenvalue weighted by molar-refractivity contribution is 6.41. The maximum atomic E-state index is 10.4. The van der Waals surface area contributed by atoms with Gasteiger partial charge in [-0.05, 0) is 58.1 Å². The fourth-order valence-electron chi connectivity index (χ4n) is 2.37. The number of ether oxygens (including phenoxy) is 1. The number of carbonyl (C=O) groups is 1. The number of hydrogen-bond donors (Lipinski definition) is 2. The second kappa shape index (κ2) is 13.4. The van der Waals surface area contributed by atoms with Gasteiger partial charge in [0.15, 0.2) is 0 Å². The van der Waals surface area contributed by atoms with Crippen molar-refractivity contribution < 1.29 is 14.6 Å². The van der Waals surface area contributed by atoms with Crippen LogP contribution in [-0.2, 0) is 9.53 Å². The van der Waals surface area contributed by atoms with Crippen molar-refractivity contribution in [2.45, 2.75) is 19.3 Å². The molecule has 0 bridgehead atoms. The summed E-state index contributed by atoms with van der Waals surface area (Å²) in [4.78, 5) is 12.6. The summed E-state index contributed by atoms with van der Waals surface area (Å²) in [7, 11) is 2.03. The Bertz CT molecular complexity index is 454. The zero-order valence-corrected chi connectivity index (χ0v) is 16.2. The highest BCUT2D eigenvalue weighted by Crippen LogP contribution is 2.19. The van der Waals surface area contributed by atoms with E-state index in [1.807, 2.05) is 19.2 Å². The maximum absolute atomic E-state index is 10.4. The molecule has 0 saturated carbocycles. The SMILES string of the molecule is C1CNCCOC1.CN1CCC(C(=O)O)CC1.Clc1ccccc1Cl. The molecule has 7 heteroatoms. The number of aliphatic carboxylic acids is 1. The highest BCUT2D eigenvalue weighted by atomic mass is 35.5. The van der Waals surface area contributed by atoms with Crippen LogP contribution in [0, 0.1) is 5.92 Å². The first-order valence-corrected chi connectivity index (χ1v) is 9.36. The quantitative estimate of drug-likeness (QED) is 0.769. The summed E-state index contributed by atoms with van der Waals surface area (Å²) >= 11 is 11.2. The number of halogens is 2. The minimum atomic E-state index is -0.631. The van der Waals surface area contributed by atoms with Crippen LogP contribution in [0.25, 0.3) is 0 Å². The van der Waals surface area contributed by atoms with Gasteiger partial charge in [0.2, 0.25) is 0 Å². The number of carboxylic acid groups (broad SMARTS) is 1. The predicted octanol–water partition coefficient (Wildman–Crippen LogP) is 3.40. The third-order valence-corrected chi connectivity index (χ3v) is 4.71. The topological polar surface area (TPSA) is 61.8 Å². The van der Waals surface area contributed by atoms with Gasteiger partial charge in [-0.25, -0.2) is 0 Å². The van der Waals surface area contributed by atoms with Gasteiger partial charge in [-0.3, -0.25) is 4.79 Å². The second-order valence-electron chi connectivity index (χ2n) is 6.05. The average molecular weight is 391 g/mol. The third kappa shape index (κ3) is 10.7. The van der Waals surface area contributed by atoms with E-state index < -0.39 is 5.97 Å². The summed E-state index contributed by atoms with van der Waals surface area (Å²) in [5, 5.41) is 13.0. The molecule has 2 aliphatic rings. The number of carboxylic acids is 1. The monoisotopic (exact) mass is 390 g/mol. The van der Waals surface area contributed by atoms with E-state index in [1.54, 1.807) is 12.1 Å². The number of likely N-dealkylation sites (tertiary alicyclic amines) is 1. The number of nitrogens with one attached hydrogen (secondary N) is 1. The molecule has 0 aromatic heterocycles. The van der Waals surface area contributed by atoms with Crippen molar-refractivity contribution >= 4 is 29.2 Å². The van der Waals surface area contributed by atoms with Crippen LogP contribution in [0.2, 0.25) is 10.0 Å². The van der Waals surface area contributed by atoms with Gasteiger partial charge >= 0.3 is 5.97 Å². The Morgan fingerprint density at radius 3 is 2.28 bits per heavy atom. The van der Waals surface area contributed by atoms with Crippen molar-refractivity contribution in [2.24, 2.45) is 5.92 Å². The highest BCUT2D eigenvalue weighted by Gasteiger charge is 2.21. The van der Waals surface area contributed by atoms with Crippen LogP contribution >= 0.6 is 23.2 Å². The number of benzene rings is 1. The first-order chi connectivity index (χ1) is 12.0. The fourth-order valence-corrected chi connectivity index (χ4v) is 2.64. The van der Waals surface area contributed by atoms with Gasteiger partial charge in [0.05, 0.1) is 22.6 Å². The van der Waals surface area contributed by atoms with Crippen LogP contribution in [0.15, 0.2) is 24.3 Å². The molecular formula is C18H28Cl2N2O3. The van der Waals surface area contributed by atoms with Crippen molar-refractivity contribution in [3.05, 3.63) is 34.3 Å². The molecule has 2 saturated heterocycles. The van der Waals surface area contributed by atoms with Gasteiger partial charge in [-0.2, -0.15) is 0 Å². The normalized spacial score (nSPS) is 18.8. The van der Waals surface area contributed by atoms with Crippen molar-refractivity contribution in [2.75, 3.05) is 46.4 Å². The molecule has 2 heterocycles.